The van der Waals surface area contributed by atoms with Crippen molar-refractivity contribution in [3.8, 4) is 0 Å². The van der Waals surface area contributed by atoms with Crippen LogP contribution >= 0.6 is 0 Å². The third-order valence-corrected chi connectivity index (χ3v) is 3.26. The molecule has 2 aromatic rings. The van der Waals surface area contributed by atoms with Crippen LogP contribution in [-0.2, 0) is 6.54 Å². The van der Waals surface area contributed by atoms with E-state index >= 15 is 0 Å². The van der Waals surface area contributed by atoms with Gasteiger partial charge in [-0.25, -0.2) is 4.79 Å². The summed E-state index contributed by atoms with van der Waals surface area (Å²) in [6.45, 7) is 6.55. The monoisotopic (exact) mass is 268 g/mol. The Labute approximate surface area is 120 Å². The Bertz CT molecular complexity index is 600. The van der Waals surface area contributed by atoms with Crippen LogP contribution in [0.3, 0.4) is 0 Å². The average Bonchev–Trinajstić information content (AvgIpc) is 2.41. The third-order valence-electron chi connectivity index (χ3n) is 3.26. The molecule has 2 aromatic carbocycles. The summed E-state index contributed by atoms with van der Waals surface area (Å²) < 4.78 is 0. The van der Waals surface area contributed by atoms with Crippen LogP contribution in [0.4, 0.5) is 10.5 Å². The Morgan fingerprint density at radius 2 is 1.65 bits per heavy atom. The predicted octanol–water partition coefficient (Wildman–Crippen LogP) is 3.93. The van der Waals surface area contributed by atoms with E-state index in [2.05, 4.69) is 16.7 Å². The van der Waals surface area contributed by atoms with E-state index in [4.69, 9.17) is 0 Å². The number of amides is 2. The summed E-state index contributed by atoms with van der Waals surface area (Å²) in [5.74, 6) is 0. The highest BCUT2D eigenvalue weighted by Crippen LogP contribution is 2.19. The summed E-state index contributed by atoms with van der Waals surface area (Å²) in [4.78, 5) is 12.0. The smallest absolute Gasteiger partial charge is 0.319 e. The first-order chi connectivity index (χ1) is 9.56. The summed E-state index contributed by atoms with van der Waals surface area (Å²) in [6.07, 6.45) is 0. The van der Waals surface area contributed by atoms with E-state index in [-0.39, 0.29) is 6.03 Å². The molecule has 0 aliphatic rings. The number of benzene rings is 2. The maximum absolute atomic E-state index is 12.0. The van der Waals surface area contributed by atoms with Crippen molar-refractivity contribution in [3.63, 3.8) is 0 Å². The van der Waals surface area contributed by atoms with Crippen LogP contribution in [0, 0.1) is 20.8 Å². The van der Waals surface area contributed by atoms with Crippen LogP contribution in [-0.4, -0.2) is 6.03 Å². The van der Waals surface area contributed by atoms with E-state index in [1.807, 2.05) is 57.2 Å². The van der Waals surface area contributed by atoms with Gasteiger partial charge in [-0.3, -0.25) is 0 Å². The third kappa shape index (κ3) is 3.60. The number of carbonyl (C=O) groups excluding carboxylic acids is 1. The molecule has 0 atom stereocenters. The van der Waals surface area contributed by atoms with E-state index in [0.29, 0.717) is 6.54 Å². The Balaban J connectivity index is 1.96. The number of nitrogens with one attached hydrogen (secondary N) is 2. The van der Waals surface area contributed by atoms with Crippen LogP contribution in [0.5, 0.6) is 0 Å². The molecule has 3 nitrogen and oxygen atoms in total. The summed E-state index contributed by atoms with van der Waals surface area (Å²) in [6, 6.07) is 13.9. The Morgan fingerprint density at radius 3 is 2.30 bits per heavy atom. The molecule has 0 radical (unpaired) electrons. The van der Waals surface area contributed by atoms with Crippen molar-refractivity contribution in [1.82, 2.24) is 5.32 Å². The van der Waals surface area contributed by atoms with E-state index in [0.717, 1.165) is 22.4 Å². The molecule has 0 bridgehead atoms. The van der Waals surface area contributed by atoms with Crippen molar-refractivity contribution in [2.24, 2.45) is 0 Å². The molecule has 0 saturated heterocycles. The molecule has 0 saturated carbocycles. The number of aryl methyl sites for hydroxylation is 3. The molecule has 2 N–H and O–H groups in total. The number of hydrogen-bond donors (Lipinski definition) is 2. The topological polar surface area (TPSA) is 41.1 Å². The van der Waals surface area contributed by atoms with E-state index in [9.17, 15) is 4.79 Å². The highest BCUT2D eigenvalue weighted by Gasteiger charge is 2.06. The summed E-state index contributed by atoms with van der Waals surface area (Å²) >= 11 is 0. The Kier molecular flexibility index (Phi) is 4.41. The molecule has 20 heavy (non-hydrogen) atoms. The van der Waals surface area contributed by atoms with Crippen molar-refractivity contribution >= 4 is 11.7 Å². The first-order valence-electron chi connectivity index (χ1n) is 6.73. The minimum absolute atomic E-state index is 0.177. The number of hydrogen-bond acceptors (Lipinski definition) is 1. The Morgan fingerprint density at radius 1 is 1.00 bits per heavy atom. The van der Waals surface area contributed by atoms with Crippen LogP contribution in [0.25, 0.3) is 0 Å². The van der Waals surface area contributed by atoms with E-state index in [1.54, 1.807) is 0 Å². The van der Waals surface area contributed by atoms with E-state index < -0.39 is 0 Å². The van der Waals surface area contributed by atoms with E-state index in [1.165, 1.54) is 5.56 Å². The first-order valence-corrected chi connectivity index (χ1v) is 6.73. The number of rotatable bonds is 3. The zero-order valence-corrected chi connectivity index (χ0v) is 12.2. The van der Waals surface area contributed by atoms with Gasteiger partial charge < -0.3 is 10.6 Å². The van der Waals surface area contributed by atoms with Crippen molar-refractivity contribution in [2.45, 2.75) is 27.3 Å². The van der Waals surface area contributed by atoms with Gasteiger partial charge in [0, 0.05) is 12.2 Å². The predicted molar refractivity (Wildman–Crippen MR) is 83.0 cm³/mol. The lowest BCUT2D eigenvalue weighted by atomic mass is 10.1. The van der Waals surface area contributed by atoms with Crippen LogP contribution < -0.4 is 10.6 Å². The molecule has 0 heterocycles. The largest absolute Gasteiger partial charge is 0.334 e. The molecule has 0 aromatic heterocycles. The van der Waals surface area contributed by atoms with Crippen molar-refractivity contribution < 1.29 is 4.79 Å². The summed E-state index contributed by atoms with van der Waals surface area (Å²) in [7, 11) is 0. The normalized spacial score (nSPS) is 10.2. The fourth-order valence-electron chi connectivity index (χ4n) is 2.17. The lowest BCUT2D eigenvalue weighted by molar-refractivity contribution is 0.251. The van der Waals surface area contributed by atoms with Gasteiger partial charge in [-0.1, -0.05) is 48.0 Å². The second kappa shape index (κ2) is 6.24. The SMILES string of the molecule is Cc1cccc(CNC(=O)Nc2c(C)cccc2C)c1. The van der Waals surface area contributed by atoms with Gasteiger partial charge in [0.2, 0.25) is 0 Å². The van der Waals surface area contributed by atoms with Gasteiger partial charge >= 0.3 is 6.03 Å². The fourth-order valence-corrected chi connectivity index (χ4v) is 2.17. The van der Waals surface area contributed by atoms with Crippen molar-refractivity contribution in [1.29, 1.82) is 0 Å². The van der Waals surface area contributed by atoms with Gasteiger partial charge in [-0.15, -0.1) is 0 Å². The number of anilines is 1. The lowest BCUT2D eigenvalue weighted by Gasteiger charge is -2.12. The van der Waals surface area contributed by atoms with Crippen molar-refractivity contribution in [2.75, 3.05) is 5.32 Å². The molecular formula is C17H20N2O. The number of urea groups is 1. The molecule has 2 rings (SSSR count). The second-order valence-electron chi connectivity index (χ2n) is 5.06. The lowest BCUT2D eigenvalue weighted by Crippen LogP contribution is -2.28. The summed E-state index contributed by atoms with van der Waals surface area (Å²) in [5, 5.41) is 5.79. The maximum Gasteiger partial charge on any atom is 0.319 e. The standard InChI is InChI=1S/C17H20N2O/c1-12-6-4-9-15(10-12)11-18-17(20)19-16-13(2)7-5-8-14(16)3/h4-10H,11H2,1-3H3,(H2,18,19,20). The van der Waals surface area contributed by atoms with Gasteiger partial charge in [0.25, 0.3) is 0 Å². The minimum atomic E-state index is -0.177. The van der Waals surface area contributed by atoms with Crippen LogP contribution in [0.1, 0.15) is 22.3 Å². The van der Waals surface area contributed by atoms with Gasteiger partial charge in [0.15, 0.2) is 0 Å². The molecule has 2 amide bonds. The zero-order valence-electron chi connectivity index (χ0n) is 12.2. The maximum atomic E-state index is 12.0. The highest BCUT2D eigenvalue weighted by atomic mass is 16.2. The second-order valence-corrected chi connectivity index (χ2v) is 5.06. The minimum Gasteiger partial charge on any atom is -0.334 e. The Hall–Kier alpha value is -2.29. The van der Waals surface area contributed by atoms with Crippen LogP contribution in [0.15, 0.2) is 42.5 Å². The molecule has 0 fully saturated rings. The molecule has 0 aliphatic carbocycles. The van der Waals surface area contributed by atoms with Gasteiger partial charge in [-0.2, -0.15) is 0 Å². The van der Waals surface area contributed by atoms with Gasteiger partial charge in [0.1, 0.15) is 0 Å². The molecule has 0 unspecified atom stereocenters. The number of para-hydroxylation sites is 1. The quantitative estimate of drug-likeness (QED) is 0.870. The highest BCUT2D eigenvalue weighted by molar-refractivity contribution is 5.90. The van der Waals surface area contributed by atoms with Gasteiger partial charge in [0.05, 0.1) is 0 Å². The zero-order chi connectivity index (χ0) is 14.5. The number of carbonyl (C=O) groups is 1. The fraction of sp³-hybridized carbons (Fsp3) is 0.235. The average molecular weight is 268 g/mol. The molecular weight excluding hydrogens is 248 g/mol. The van der Waals surface area contributed by atoms with Crippen LogP contribution in [0.2, 0.25) is 0 Å². The first kappa shape index (κ1) is 14.1. The molecule has 0 spiro atoms. The van der Waals surface area contributed by atoms with Crippen molar-refractivity contribution in [3.05, 3.63) is 64.7 Å². The van der Waals surface area contributed by atoms with Gasteiger partial charge in [-0.05, 0) is 37.5 Å². The molecule has 0 aliphatic heterocycles. The summed E-state index contributed by atoms with van der Waals surface area (Å²) in [5.41, 5.74) is 5.31. The molecule has 104 valence electrons. The molecule has 3 heteroatoms.